The van der Waals surface area contributed by atoms with E-state index in [1.807, 2.05) is 12.1 Å². The highest BCUT2D eigenvalue weighted by Crippen LogP contribution is 2.34. The molecule has 164 valence electrons. The van der Waals surface area contributed by atoms with Gasteiger partial charge in [0.15, 0.2) is 18.0 Å². The molecule has 11 heteroatoms. The molecule has 0 radical (unpaired) electrons. The monoisotopic (exact) mass is 429 g/mol. The molecule has 4 atom stereocenters. The van der Waals surface area contributed by atoms with Crippen LogP contribution in [0.15, 0.2) is 31.0 Å². The molecule has 5 heterocycles. The Morgan fingerprint density at radius 1 is 1.13 bits per heavy atom. The minimum Gasteiger partial charge on any atom is -0.394 e. The van der Waals surface area contributed by atoms with Gasteiger partial charge in [-0.15, -0.1) is 0 Å². The number of hydrogen-bond donors (Lipinski definition) is 2. The van der Waals surface area contributed by atoms with Crippen LogP contribution in [-0.4, -0.2) is 97.8 Å². The predicted molar refractivity (Wildman–Crippen MR) is 110 cm³/mol. The molecule has 0 bridgehead atoms. The Bertz CT molecular complexity index is 1050. The van der Waals surface area contributed by atoms with Crippen molar-refractivity contribution >= 4 is 17.0 Å². The summed E-state index contributed by atoms with van der Waals surface area (Å²) in [6, 6.07) is 3.91. The summed E-state index contributed by atoms with van der Waals surface area (Å²) < 4.78 is 21.1. The summed E-state index contributed by atoms with van der Waals surface area (Å²) in [4.78, 5) is 22.2. The largest absolute Gasteiger partial charge is 0.394 e. The number of hydrogen-bond acceptors (Lipinski definition) is 9. The van der Waals surface area contributed by atoms with Crippen LogP contribution in [0.4, 0.5) is 10.2 Å². The van der Waals surface area contributed by atoms with Crippen LogP contribution in [0, 0.1) is 0 Å². The highest BCUT2D eigenvalue weighted by molar-refractivity contribution is 5.87. The lowest BCUT2D eigenvalue weighted by atomic mass is 10.1. The Kier molecular flexibility index (Phi) is 5.26. The lowest BCUT2D eigenvalue weighted by molar-refractivity contribution is -0.0495. The fourth-order valence-corrected chi connectivity index (χ4v) is 4.08. The Morgan fingerprint density at radius 2 is 1.94 bits per heavy atom. The van der Waals surface area contributed by atoms with Crippen LogP contribution in [-0.2, 0) is 4.74 Å². The van der Waals surface area contributed by atoms with Gasteiger partial charge in [0.2, 0.25) is 0 Å². The molecule has 0 aliphatic carbocycles. The molecule has 2 aliphatic heterocycles. The van der Waals surface area contributed by atoms with Crippen molar-refractivity contribution in [2.75, 3.05) is 44.7 Å². The molecule has 0 saturated carbocycles. The number of piperazine rings is 1. The molecule has 5 rings (SSSR count). The SMILES string of the molecule is CN1CCN(c2ccc(-c3ncnc4c3ncn4C3OC(CO)C(F)C3O)cn2)CC1. The first-order valence-electron chi connectivity index (χ1n) is 10.2. The third-order valence-corrected chi connectivity index (χ3v) is 5.95. The number of likely N-dealkylation sites (N-methyl/N-ethyl adjacent to an activating group) is 1. The third kappa shape index (κ3) is 3.53. The summed E-state index contributed by atoms with van der Waals surface area (Å²) in [7, 11) is 2.11. The number of imidazole rings is 1. The van der Waals surface area contributed by atoms with Gasteiger partial charge in [0.1, 0.15) is 35.6 Å². The zero-order valence-corrected chi connectivity index (χ0v) is 17.0. The molecule has 10 nitrogen and oxygen atoms in total. The normalized spacial score (nSPS) is 27.3. The maximum absolute atomic E-state index is 14.2. The van der Waals surface area contributed by atoms with Gasteiger partial charge in [0.25, 0.3) is 0 Å². The quantitative estimate of drug-likeness (QED) is 0.602. The molecule has 2 fully saturated rings. The molecule has 31 heavy (non-hydrogen) atoms. The van der Waals surface area contributed by atoms with Crippen molar-refractivity contribution in [1.82, 2.24) is 29.4 Å². The highest BCUT2D eigenvalue weighted by atomic mass is 19.1. The molecule has 3 aromatic rings. The molecule has 2 N–H and O–H groups in total. The number of aliphatic hydroxyl groups is 2. The van der Waals surface area contributed by atoms with Crippen LogP contribution in [0.3, 0.4) is 0 Å². The lowest BCUT2D eigenvalue weighted by Crippen LogP contribution is -2.44. The van der Waals surface area contributed by atoms with Crippen LogP contribution in [0.2, 0.25) is 0 Å². The zero-order chi connectivity index (χ0) is 21.5. The second kappa shape index (κ2) is 8.08. The first kappa shape index (κ1) is 20.2. The summed E-state index contributed by atoms with van der Waals surface area (Å²) >= 11 is 0. The van der Waals surface area contributed by atoms with Gasteiger partial charge in [-0.3, -0.25) is 4.57 Å². The van der Waals surface area contributed by atoms with Crippen molar-refractivity contribution in [3.05, 3.63) is 31.0 Å². The fraction of sp³-hybridized carbons (Fsp3) is 0.500. The van der Waals surface area contributed by atoms with Gasteiger partial charge in [0.05, 0.1) is 12.9 Å². The molecule has 0 amide bonds. The van der Waals surface area contributed by atoms with Gasteiger partial charge in [-0.1, -0.05) is 0 Å². The van der Waals surface area contributed by atoms with E-state index in [4.69, 9.17) is 4.74 Å². The highest BCUT2D eigenvalue weighted by Gasteiger charge is 2.45. The van der Waals surface area contributed by atoms with Crippen molar-refractivity contribution < 1.29 is 19.3 Å². The topological polar surface area (TPSA) is 113 Å². The van der Waals surface area contributed by atoms with Crippen LogP contribution in [0.25, 0.3) is 22.4 Å². The molecule has 0 aromatic carbocycles. The number of aliphatic hydroxyl groups excluding tert-OH is 2. The molecular formula is C20H24FN7O3. The fourth-order valence-electron chi connectivity index (χ4n) is 4.08. The predicted octanol–water partition coefficient (Wildman–Crippen LogP) is 0.229. The molecule has 0 spiro atoms. The average molecular weight is 429 g/mol. The number of aromatic nitrogens is 5. The van der Waals surface area contributed by atoms with Crippen molar-refractivity contribution in [3.8, 4) is 11.3 Å². The van der Waals surface area contributed by atoms with Gasteiger partial charge < -0.3 is 24.7 Å². The Morgan fingerprint density at radius 3 is 2.61 bits per heavy atom. The van der Waals surface area contributed by atoms with Crippen LogP contribution >= 0.6 is 0 Å². The average Bonchev–Trinajstić information content (AvgIpc) is 3.35. The number of nitrogens with zero attached hydrogens (tertiary/aromatic N) is 7. The Hall–Kier alpha value is -2.73. The van der Waals surface area contributed by atoms with E-state index >= 15 is 0 Å². The number of rotatable bonds is 4. The van der Waals surface area contributed by atoms with Crippen molar-refractivity contribution in [2.24, 2.45) is 0 Å². The number of alkyl halides is 1. The summed E-state index contributed by atoms with van der Waals surface area (Å²) in [5, 5.41) is 19.5. The minimum absolute atomic E-state index is 0.406. The maximum atomic E-state index is 14.2. The third-order valence-electron chi connectivity index (χ3n) is 5.95. The van der Waals surface area contributed by atoms with Crippen LogP contribution in [0.1, 0.15) is 6.23 Å². The van der Waals surface area contributed by atoms with E-state index in [1.54, 1.807) is 6.20 Å². The second-order valence-corrected chi connectivity index (χ2v) is 7.92. The summed E-state index contributed by atoms with van der Waals surface area (Å²) in [5.41, 5.74) is 2.27. The maximum Gasteiger partial charge on any atom is 0.166 e. The van der Waals surface area contributed by atoms with Gasteiger partial charge in [-0.2, -0.15) is 0 Å². The molecule has 3 aromatic heterocycles. The van der Waals surface area contributed by atoms with E-state index in [2.05, 4.69) is 36.8 Å². The molecule has 2 saturated heterocycles. The van der Waals surface area contributed by atoms with Gasteiger partial charge in [0, 0.05) is 37.9 Å². The van der Waals surface area contributed by atoms with Gasteiger partial charge in [-0.05, 0) is 19.2 Å². The Balaban J connectivity index is 1.44. The van der Waals surface area contributed by atoms with Gasteiger partial charge in [-0.25, -0.2) is 24.3 Å². The zero-order valence-electron chi connectivity index (χ0n) is 17.0. The van der Waals surface area contributed by atoms with Crippen molar-refractivity contribution in [2.45, 2.75) is 24.6 Å². The number of anilines is 1. The summed E-state index contributed by atoms with van der Waals surface area (Å²) in [6.45, 7) is 3.34. The van der Waals surface area contributed by atoms with Crippen molar-refractivity contribution in [1.29, 1.82) is 0 Å². The Labute approximate surface area is 177 Å². The van der Waals surface area contributed by atoms with Crippen LogP contribution in [0.5, 0.6) is 0 Å². The van der Waals surface area contributed by atoms with E-state index in [1.165, 1.54) is 17.2 Å². The second-order valence-electron chi connectivity index (χ2n) is 7.92. The summed E-state index contributed by atoms with van der Waals surface area (Å²) in [6.07, 6.45) is -0.660. The first-order valence-corrected chi connectivity index (χ1v) is 10.2. The van der Waals surface area contributed by atoms with Crippen LogP contribution < -0.4 is 4.90 Å². The summed E-state index contributed by atoms with van der Waals surface area (Å²) in [5.74, 6) is 0.916. The van der Waals surface area contributed by atoms with E-state index < -0.39 is 31.2 Å². The number of ether oxygens (including phenoxy) is 1. The van der Waals surface area contributed by atoms with E-state index in [9.17, 15) is 14.6 Å². The van der Waals surface area contributed by atoms with Gasteiger partial charge >= 0.3 is 0 Å². The van der Waals surface area contributed by atoms with E-state index in [0.29, 0.717) is 16.9 Å². The smallest absolute Gasteiger partial charge is 0.166 e. The number of pyridine rings is 1. The number of halogens is 1. The minimum atomic E-state index is -1.69. The molecule has 2 aliphatic rings. The van der Waals surface area contributed by atoms with E-state index in [0.717, 1.165) is 37.6 Å². The molecular weight excluding hydrogens is 405 g/mol. The van der Waals surface area contributed by atoms with Crippen molar-refractivity contribution in [3.63, 3.8) is 0 Å². The lowest BCUT2D eigenvalue weighted by Gasteiger charge is -2.33. The first-order chi connectivity index (χ1) is 15.1. The standard InChI is InChI=1S/C20H24FN7O3/c1-26-4-6-27(7-5-26)14-3-2-12(8-22-14)16-17-19(24-10-23-16)28(11-25-17)20-18(30)15(21)13(9-29)31-20/h2-3,8,10-11,13,15,18,20,29-30H,4-7,9H2,1H3. The number of fused-ring (bicyclic) bond motifs is 1. The molecule has 4 unspecified atom stereocenters. The van der Waals surface area contributed by atoms with E-state index in [-0.39, 0.29) is 0 Å².